The summed E-state index contributed by atoms with van der Waals surface area (Å²) in [7, 11) is -3.15. The molecule has 0 aliphatic heterocycles. The average molecular weight is 396 g/mol. The van der Waals surface area contributed by atoms with E-state index in [1.807, 2.05) is 0 Å². The van der Waals surface area contributed by atoms with Gasteiger partial charge in [-0.2, -0.15) is 0 Å². The van der Waals surface area contributed by atoms with Gasteiger partial charge in [0.25, 0.3) is 0 Å². The van der Waals surface area contributed by atoms with E-state index in [-0.39, 0.29) is 0 Å². The molecule has 0 aromatic heterocycles. The monoisotopic (exact) mass is 396 g/mol. The molecule has 0 unspecified atom stereocenters. The van der Waals surface area contributed by atoms with Gasteiger partial charge in [0.2, 0.25) is 5.91 Å². The number of phosphoric acid groups is 1. The summed E-state index contributed by atoms with van der Waals surface area (Å²) in [6.45, 7) is 0.665. The molecule has 0 aliphatic carbocycles. The lowest BCUT2D eigenvalue weighted by Crippen LogP contribution is -2.52. The molecule has 0 fully saturated rings. The zero-order valence-corrected chi connectivity index (χ0v) is 15.7. The zero-order valence-electron chi connectivity index (χ0n) is 14.8. The van der Waals surface area contributed by atoms with E-state index in [9.17, 15) is 9.36 Å². The van der Waals surface area contributed by atoms with E-state index in [0.717, 1.165) is 0 Å². The van der Waals surface area contributed by atoms with Crippen LogP contribution in [-0.4, -0.2) is 34.9 Å². The summed E-state index contributed by atoms with van der Waals surface area (Å²) in [5.74, 6) is 1.14. The number of carbonyl (C=O) groups is 1. The molecule has 2 aromatic rings. The predicted octanol–water partition coefficient (Wildman–Crippen LogP) is 2.25. The third-order valence-electron chi connectivity index (χ3n) is 3.44. The number of nitrogens with two attached hydrogens (primary N) is 1. The van der Waals surface area contributed by atoms with Gasteiger partial charge in [-0.05, 0) is 43.3 Å². The van der Waals surface area contributed by atoms with Crippen LogP contribution in [0.2, 0.25) is 0 Å². The van der Waals surface area contributed by atoms with Crippen molar-refractivity contribution in [3.8, 4) is 17.2 Å². The summed E-state index contributed by atoms with van der Waals surface area (Å²) in [6, 6.07) is 13.6. The molecule has 146 valence electrons. The molecule has 2 rings (SSSR count). The van der Waals surface area contributed by atoms with Gasteiger partial charge in [-0.15, -0.1) is 0 Å². The summed E-state index contributed by atoms with van der Waals surface area (Å²) >= 11 is 0. The molecule has 27 heavy (non-hydrogen) atoms. The minimum absolute atomic E-state index is 0.436. The average Bonchev–Trinajstić information content (AvgIpc) is 2.61. The molecule has 0 spiro atoms. The van der Waals surface area contributed by atoms with Gasteiger partial charge in [0.15, 0.2) is 0 Å². The van der Waals surface area contributed by atoms with Crippen molar-refractivity contribution in [1.82, 2.24) is 0 Å². The van der Waals surface area contributed by atoms with E-state index >= 15 is 0 Å². The van der Waals surface area contributed by atoms with E-state index in [0.29, 0.717) is 22.9 Å². The van der Waals surface area contributed by atoms with Gasteiger partial charge in [0.1, 0.15) is 22.8 Å². The molecule has 0 saturated heterocycles. The van der Waals surface area contributed by atoms with E-state index in [2.05, 4.69) is 9.84 Å². The summed E-state index contributed by atoms with van der Waals surface area (Å²) in [6.07, 6.45) is 0. The van der Waals surface area contributed by atoms with Crippen LogP contribution in [0.15, 0.2) is 48.5 Å². The Bertz CT molecular complexity index is 833. The maximum absolute atomic E-state index is 12.2. The van der Waals surface area contributed by atoms with Crippen LogP contribution in [0.5, 0.6) is 17.2 Å². The number of carbonyl (C=O) groups excluding carboxylic acids is 1. The van der Waals surface area contributed by atoms with Crippen LogP contribution in [-0.2, 0) is 13.9 Å². The Morgan fingerprint density at radius 2 is 1.78 bits per heavy atom. The van der Waals surface area contributed by atoms with Crippen LogP contribution in [0.3, 0.4) is 0 Å². The Morgan fingerprint density at radius 3 is 2.37 bits per heavy atom. The van der Waals surface area contributed by atoms with E-state index in [1.165, 1.54) is 6.92 Å². The molecule has 0 aliphatic rings. The number of hydrogen-bond acceptors (Lipinski definition) is 6. The van der Waals surface area contributed by atoms with Crippen molar-refractivity contribution in [2.45, 2.75) is 12.5 Å². The highest BCUT2D eigenvalue weighted by molar-refractivity contribution is 7.46. The fourth-order valence-corrected chi connectivity index (χ4v) is 2.40. The van der Waals surface area contributed by atoms with Crippen molar-refractivity contribution in [2.24, 2.45) is 5.73 Å². The van der Waals surface area contributed by atoms with Gasteiger partial charge in [0.05, 0.1) is 13.7 Å². The summed E-state index contributed by atoms with van der Waals surface area (Å²) in [5, 5.41) is 2.56. The number of amides is 1. The van der Waals surface area contributed by atoms with Crippen LogP contribution in [0.25, 0.3) is 0 Å². The number of hydrogen-bond donors (Lipinski definition) is 4. The van der Waals surface area contributed by atoms with Gasteiger partial charge in [0, 0.05) is 11.8 Å². The zero-order chi connectivity index (χ0) is 20.1. The molecule has 1 atom stereocenters. The Balaban J connectivity index is 1.98. The van der Waals surface area contributed by atoms with Crippen molar-refractivity contribution in [2.75, 3.05) is 19.0 Å². The van der Waals surface area contributed by atoms with Crippen LogP contribution in [0.4, 0.5) is 5.69 Å². The SMILES string of the molecule is COc1cccc(Oc2ccc(NC(=O)[C@@](C)(N)COP(=O)(O)O)cc2)c1. The van der Waals surface area contributed by atoms with Gasteiger partial charge < -0.3 is 30.3 Å². The Morgan fingerprint density at radius 1 is 1.15 bits per heavy atom. The minimum atomic E-state index is -4.72. The summed E-state index contributed by atoms with van der Waals surface area (Å²) in [5.41, 5.74) is 4.57. The topological polar surface area (TPSA) is 140 Å². The summed E-state index contributed by atoms with van der Waals surface area (Å²) in [4.78, 5) is 29.6. The molecule has 0 heterocycles. The summed E-state index contributed by atoms with van der Waals surface area (Å²) < 4.78 is 25.9. The second-order valence-corrected chi connectivity index (χ2v) is 7.18. The second-order valence-electron chi connectivity index (χ2n) is 5.94. The highest BCUT2D eigenvalue weighted by Crippen LogP contribution is 2.36. The lowest BCUT2D eigenvalue weighted by molar-refractivity contribution is -0.121. The van der Waals surface area contributed by atoms with Gasteiger partial charge in [-0.3, -0.25) is 9.32 Å². The molecule has 5 N–H and O–H groups in total. The van der Waals surface area contributed by atoms with Crippen molar-refractivity contribution < 1.29 is 33.1 Å². The van der Waals surface area contributed by atoms with Crippen molar-refractivity contribution >= 4 is 19.4 Å². The molecular weight excluding hydrogens is 375 g/mol. The predicted molar refractivity (Wildman–Crippen MR) is 98.7 cm³/mol. The number of anilines is 1. The number of benzene rings is 2. The standard InChI is InChI=1S/C17H21N2O7P/c1-17(18,11-25-27(21,22)23)16(20)19-12-6-8-13(9-7-12)26-15-5-3-4-14(10-15)24-2/h3-10H,11,18H2,1-2H3,(H,19,20)(H2,21,22,23)/t17-/m0/s1. The number of ether oxygens (including phenoxy) is 2. The first-order valence-electron chi connectivity index (χ1n) is 7.81. The van der Waals surface area contributed by atoms with Crippen molar-refractivity contribution in [1.29, 1.82) is 0 Å². The first kappa shape index (κ1) is 20.9. The number of methoxy groups -OCH3 is 1. The normalized spacial score (nSPS) is 13.5. The Kier molecular flexibility index (Phi) is 6.59. The lowest BCUT2D eigenvalue weighted by atomic mass is 10.0. The van der Waals surface area contributed by atoms with Gasteiger partial charge in [-0.25, -0.2) is 4.57 Å². The second kappa shape index (κ2) is 8.51. The number of rotatable bonds is 8. The Hall–Kier alpha value is -2.42. The highest BCUT2D eigenvalue weighted by atomic mass is 31.2. The highest BCUT2D eigenvalue weighted by Gasteiger charge is 2.32. The molecule has 1 amide bonds. The van der Waals surface area contributed by atoms with E-state index in [1.54, 1.807) is 55.6 Å². The largest absolute Gasteiger partial charge is 0.497 e. The number of nitrogens with one attached hydrogen (secondary N) is 1. The molecule has 0 saturated carbocycles. The number of phosphoric ester groups is 1. The van der Waals surface area contributed by atoms with Crippen LogP contribution < -0.4 is 20.5 Å². The molecule has 2 aromatic carbocycles. The first-order chi connectivity index (χ1) is 12.6. The smallest absolute Gasteiger partial charge is 0.469 e. The van der Waals surface area contributed by atoms with E-state index < -0.39 is 25.9 Å². The fourth-order valence-electron chi connectivity index (χ4n) is 1.96. The van der Waals surface area contributed by atoms with Gasteiger partial charge in [-0.1, -0.05) is 6.07 Å². The fraction of sp³-hybridized carbons (Fsp3) is 0.235. The molecule has 0 radical (unpaired) electrons. The molecule has 10 heteroatoms. The third kappa shape index (κ3) is 6.67. The Labute approximate surface area is 156 Å². The minimum Gasteiger partial charge on any atom is -0.497 e. The molecular formula is C17H21N2O7P. The third-order valence-corrected chi connectivity index (χ3v) is 3.91. The van der Waals surface area contributed by atoms with E-state index in [4.69, 9.17) is 25.0 Å². The quantitative estimate of drug-likeness (QED) is 0.498. The van der Waals surface area contributed by atoms with Crippen LogP contribution in [0.1, 0.15) is 6.92 Å². The lowest BCUT2D eigenvalue weighted by Gasteiger charge is -2.23. The maximum Gasteiger partial charge on any atom is 0.469 e. The van der Waals surface area contributed by atoms with Crippen molar-refractivity contribution in [3.63, 3.8) is 0 Å². The maximum atomic E-state index is 12.2. The molecule has 0 bridgehead atoms. The van der Waals surface area contributed by atoms with Gasteiger partial charge >= 0.3 is 7.82 Å². The van der Waals surface area contributed by atoms with Crippen molar-refractivity contribution in [3.05, 3.63) is 48.5 Å². The van der Waals surface area contributed by atoms with Crippen LogP contribution >= 0.6 is 7.82 Å². The van der Waals surface area contributed by atoms with Crippen LogP contribution in [0, 0.1) is 0 Å². The molecule has 9 nitrogen and oxygen atoms in total. The first-order valence-corrected chi connectivity index (χ1v) is 9.34.